The number of aromatic nitrogens is 1. The molecule has 0 aliphatic heterocycles. The van der Waals surface area contributed by atoms with Crippen LogP contribution >= 0.6 is 11.6 Å². The molecule has 148 valence electrons. The summed E-state index contributed by atoms with van der Waals surface area (Å²) in [5.74, 6) is -1.15. The zero-order valence-corrected chi connectivity index (χ0v) is 16.4. The van der Waals surface area contributed by atoms with Crippen molar-refractivity contribution < 1.29 is 19.1 Å². The number of halogens is 1. The first kappa shape index (κ1) is 21.4. The van der Waals surface area contributed by atoms with Crippen LogP contribution in [-0.2, 0) is 14.3 Å². The first-order valence-corrected chi connectivity index (χ1v) is 9.17. The van der Waals surface area contributed by atoms with Gasteiger partial charge in [-0.2, -0.15) is 0 Å². The first-order valence-electron chi connectivity index (χ1n) is 8.79. The van der Waals surface area contributed by atoms with Crippen LogP contribution in [-0.4, -0.2) is 35.4 Å². The van der Waals surface area contributed by atoms with Gasteiger partial charge in [0.25, 0.3) is 11.8 Å². The number of hydrogen-bond donors (Lipinski definition) is 2. The minimum absolute atomic E-state index is 0.140. The lowest BCUT2D eigenvalue weighted by molar-refractivity contribution is -0.149. The summed E-state index contributed by atoms with van der Waals surface area (Å²) in [6, 6.07) is 10.8. The van der Waals surface area contributed by atoms with Gasteiger partial charge in [0.1, 0.15) is 11.9 Å². The Morgan fingerprint density at radius 3 is 2.43 bits per heavy atom. The number of esters is 1. The molecular formula is C20H22ClN3O4. The summed E-state index contributed by atoms with van der Waals surface area (Å²) >= 11 is 5.73. The molecule has 0 radical (unpaired) electrons. The number of rotatable bonds is 8. The first-order chi connectivity index (χ1) is 13.3. The fourth-order valence-corrected chi connectivity index (χ4v) is 2.49. The highest BCUT2D eigenvalue weighted by molar-refractivity contribution is 6.30. The highest BCUT2D eigenvalue weighted by Gasteiger charge is 2.24. The molecule has 0 bridgehead atoms. The van der Waals surface area contributed by atoms with Crippen molar-refractivity contribution in [2.45, 2.75) is 26.3 Å². The predicted octanol–water partition coefficient (Wildman–Crippen LogP) is 3.06. The number of anilines is 1. The van der Waals surface area contributed by atoms with Crippen molar-refractivity contribution in [3.63, 3.8) is 0 Å². The molecule has 8 heteroatoms. The number of carbonyl (C=O) groups excluding carboxylic acids is 3. The summed E-state index contributed by atoms with van der Waals surface area (Å²) in [4.78, 5) is 40.6. The third kappa shape index (κ3) is 7.00. The second kappa shape index (κ2) is 10.4. The van der Waals surface area contributed by atoms with E-state index in [0.717, 1.165) is 0 Å². The summed E-state index contributed by atoms with van der Waals surface area (Å²) in [6.45, 7) is 3.36. The Hall–Kier alpha value is -2.93. The number of pyridine rings is 1. The molecule has 0 fully saturated rings. The quantitative estimate of drug-likeness (QED) is 0.660. The SMILES string of the molecule is CC(C)CC(NC(=O)c1ccccc1)C(=O)OCC(=O)Nc1ccc(Cl)cn1. The number of benzene rings is 1. The molecule has 2 amide bonds. The summed E-state index contributed by atoms with van der Waals surface area (Å²) in [5, 5.41) is 5.61. The van der Waals surface area contributed by atoms with Gasteiger partial charge in [0, 0.05) is 11.8 Å². The van der Waals surface area contributed by atoms with Gasteiger partial charge in [0.2, 0.25) is 0 Å². The Balaban J connectivity index is 1.91. The normalized spacial score (nSPS) is 11.6. The second-order valence-corrected chi connectivity index (χ2v) is 6.98. The lowest BCUT2D eigenvalue weighted by Gasteiger charge is -2.19. The summed E-state index contributed by atoms with van der Waals surface area (Å²) in [5.41, 5.74) is 0.440. The average Bonchev–Trinajstić information content (AvgIpc) is 2.67. The van der Waals surface area contributed by atoms with Crippen LogP contribution in [0, 0.1) is 5.92 Å². The van der Waals surface area contributed by atoms with E-state index in [1.165, 1.54) is 12.3 Å². The Labute approximate surface area is 168 Å². The van der Waals surface area contributed by atoms with E-state index in [0.29, 0.717) is 22.8 Å². The maximum absolute atomic E-state index is 12.4. The third-order valence-corrected chi connectivity index (χ3v) is 3.90. The van der Waals surface area contributed by atoms with Crippen molar-refractivity contribution in [3.8, 4) is 0 Å². The van der Waals surface area contributed by atoms with Gasteiger partial charge in [0.05, 0.1) is 5.02 Å². The minimum Gasteiger partial charge on any atom is -0.454 e. The molecule has 28 heavy (non-hydrogen) atoms. The van der Waals surface area contributed by atoms with E-state index >= 15 is 0 Å². The van der Waals surface area contributed by atoms with E-state index in [2.05, 4.69) is 15.6 Å². The highest BCUT2D eigenvalue weighted by Crippen LogP contribution is 2.10. The number of nitrogens with one attached hydrogen (secondary N) is 2. The Morgan fingerprint density at radius 1 is 1.11 bits per heavy atom. The van der Waals surface area contributed by atoms with Gasteiger partial charge in [-0.1, -0.05) is 43.6 Å². The molecule has 0 aliphatic carbocycles. The fourth-order valence-electron chi connectivity index (χ4n) is 2.38. The van der Waals surface area contributed by atoms with Crippen LogP contribution in [0.4, 0.5) is 5.82 Å². The van der Waals surface area contributed by atoms with Crippen molar-refractivity contribution in [1.29, 1.82) is 0 Å². The largest absolute Gasteiger partial charge is 0.454 e. The summed E-state index contributed by atoms with van der Waals surface area (Å²) in [6.07, 6.45) is 1.78. The molecule has 1 heterocycles. The second-order valence-electron chi connectivity index (χ2n) is 6.54. The van der Waals surface area contributed by atoms with E-state index < -0.39 is 24.5 Å². The van der Waals surface area contributed by atoms with Gasteiger partial charge in [-0.3, -0.25) is 9.59 Å². The standard InChI is InChI=1S/C20H22ClN3O4/c1-13(2)10-16(23-19(26)14-6-4-3-5-7-14)20(27)28-12-18(25)24-17-9-8-15(21)11-22-17/h3-9,11,13,16H,10,12H2,1-2H3,(H,23,26)(H,22,24,25). The maximum Gasteiger partial charge on any atom is 0.329 e. The van der Waals surface area contributed by atoms with Crippen molar-refractivity contribution in [1.82, 2.24) is 10.3 Å². The van der Waals surface area contributed by atoms with Crippen LogP contribution in [0.2, 0.25) is 5.02 Å². The van der Waals surface area contributed by atoms with Crippen molar-refractivity contribution in [3.05, 3.63) is 59.2 Å². The van der Waals surface area contributed by atoms with Crippen LogP contribution in [0.5, 0.6) is 0 Å². The molecule has 1 aromatic carbocycles. The predicted molar refractivity (Wildman–Crippen MR) is 106 cm³/mol. The maximum atomic E-state index is 12.4. The van der Waals surface area contributed by atoms with E-state index in [4.69, 9.17) is 16.3 Å². The topological polar surface area (TPSA) is 97.4 Å². The van der Waals surface area contributed by atoms with Crippen molar-refractivity contribution in [2.24, 2.45) is 5.92 Å². The number of carbonyl (C=O) groups is 3. The Morgan fingerprint density at radius 2 is 1.82 bits per heavy atom. The number of hydrogen-bond acceptors (Lipinski definition) is 5. The molecule has 0 saturated carbocycles. The van der Waals surface area contributed by atoms with Gasteiger partial charge >= 0.3 is 5.97 Å². The zero-order chi connectivity index (χ0) is 20.5. The van der Waals surface area contributed by atoms with Gasteiger partial charge in [-0.05, 0) is 36.6 Å². The van der Waals surface area contributed by atoms with Crippen LogP contribution in [0.25, 0.3) is 0 Å². The lowest BCUT2D eigenvalue weighted by atomic mass is 10.0. The summed E-state index contributed by atoms with van der Waals surface area (Å²) < 4.78 is 5.08. The molecule has 1 unspecified atom stereocenters. The smallest absolute Gasteiger partial charge is 0.329 e. The van der Waals surface area contributed by atoms with Crippen LogP contribution in [0.15, 0.2) is 48.7 Å². The van der Waals surface area contributed by atoms with Gasteiger partial charge in [-0.15, -0.1) is 0 Å². The van der Waals surface area contributed by atoms with Gasteiger partial charge < -0.3 is 15.4 Å². The third-order valence-electron chi connectivity index (χ3n) is 3.67. The molecule has 7 nitrogen and oxygen atoms in total. The van der Waals surface area contributed by atoms with E-state index in [-0.39, 0.29) is 11.8 Å². The molecule has 1 aromatic heterocycles. The van der Waals surface area contributed by atoms with Gasteiger partial charge in [0.15, 0.2) is 6.61 Å². The molecule has 2 aromatic rings. The lowest BCUT2D eigenvalue weighted by Crippen LogP contribution is -2.43. The molecular weight excluding hydrogens is 382 g/mol. The molecule has 0 saturated heterocycles. The monoisotopic (exact) mass is 403 g/mol. The minimum atomic E-state index is -0.853. The van der Waals surface area contributed by atoms with E-state index in [1.54, 1.807) is 36.4 Å². The number of nitrogens with zero attached hydrogens (tertiary/aromatic N) is 1. The molecule has 0 spiro atoms. The van der Waals surface area contributed by atoms with Crippen molar-refractivity contribution >= 4 is 35.2 Å². The molecule has 1 atom stereocenters. The fraction of sp³-hybridized carbons (Fsp3) is 0.300. The number of amides is 2. The van der Waals surface area contributed by atoms with E-state index in [1.807, 2.05) is 13.8 Å². The molecule has 2 rings (SSSR count). The Kier molecular flexibility index (Phi) is 7.95. The summed E-state index contributed by atoms with van der Waals surface area (Å²) in [7, 11) is 0. The average molecular weight is 404 g/mol. The van der Waals surface area contributed by atoms with Crippen LogP contribution in [0.3, 0.4) is 0 Å². The Bertz CT molecular complexity index is 810. The molecule has 0 aliphatic rings. The van der Waals surface area contributed by atoms with E-state index in [9.17, 15) is 14.4 Å². The van der Waals surface area contributed by atoms with Crippen LogP contribution in [0.1, 0.15) is 30.6 Å². The van der Waals surface area contributed by atoms with Crippen molar-refractivity contribution in [2.75, 3.05) is 11.9 Å². The number of ether oxygens (including phenoxy) is 1. The highest BCUT2D eigenvalue weighted by atomic mass is 35.5. The van der Waals surface area contributed by atoms with Gasteiger partial charge in [-0.25, -0.2) is 9.78 Å². The van der Waals surface area contributed by atoms with Crippen LogP contribution < -0.4 is 10.6 Å². The zero-order valence-electron chi connectivity index (χ0n) is 15.6. The molecule has 2 N–H and O–H groups in total.